The average Bonchev–Trinajstić information content (AvgIpc) is 2.28. The summed E-state index contributed by atoms with van der Waals surface area (Å²) in [6.07, 6.45) is 0. The van der Waals surface area contributed by atoms with Crippen LogP contribution in [-0.2, 0) is 0 Å². The number of hydrogen-bond donors (Lipinski definition) is 2. The van der Waals surface area contributed by atoms with Gasteiger partial charge in [-0.3, -0.25) is 0 Å². The molecule has 0 fully saturated rings. The monoisotopic (exact) mass is 234 g/mol. The second kappa shape index (κ2) is 4.47. The summed E-state index contributed by atoms with van der Waals surface area (Å²) in [4.78, 5) is 0. The van der Waals surface area contributed by atoms with Crippen molar-refractivity contribution in [2.24, 2.45) is 5.84 Å². The second-order valence-electron chi connectivity index (χ2n) is 3.42. The number of nitrogens with two attached hydrogens (primary N) is 1. The molecule has 0 aliphatic heterocycles. The average molecular weight is 235 g/mol. The summed E-state index contributed by atoms with van der Waals surface area (Å²) >= 11 is 5.93. The molecule has 4 nitrogen and oxygen atoms in total. The number of halogens is 1. The van der Waals surface area contributed by atoms with Crippen LogP contribution in [0.5, 0.6) is 0 Å². The quantitative estimate of drug-likeness (QED) is 0.619. The van der Waals surface area contributed by atoms with Gasteiger partial charge in [0.2, 0.25) is 0 Å². The Balaban J connectivity index is 2.48. The van der Waals surface area contributed by atoms with Crippen molar-refractivity contribution >= 4 is 17.4 Å². The zero-order valence-corrected chi connectivity index (χ0v) is 9.49. The maximum absolute atomic E-state index is 5.93. The van der Waals surface area contributed by atoms with E-state index in [9.17, 15) is 0 Å². The highest BCUT2D eigenvalue weighted by Gasteiger charge is 2.05. The molecule has 1 heterocycles. The predicted octanol–water partition coefficient (Wildman–Crippen LogP) is 2.39. The van der Waals surface area contributed by atoms with Gasteiger partial charge in [0.1, 0.15) is 0 Å². The molecule has 0 spiro atoms. The van der Waals surface area contributed by atoms with E-state index in [1.54, 1.807) is 0 Å². The number of aromatic nitrogens is 2. The molecule has 82 valence electrons. The van der Waals surface area contributed by atoms with Crippen LogP contribution in [0.3, 0.4) is 0 Å². The van der Waals surface area contributed by atoms with Crippen molar-refractivity contribution in [3.05, 3.63) is 40.9 Å². The van der Waals surface area contributed by atoms with Gasteiger partial charge in [0.15, 0.2) is 5.82 Å². The summed E-state index contributed by atoms with van der Waals surface area (Å²) in [6.45, 7) is 1.95. The summed E-state index contributed by atoms with van der Waals surface area (Å²) < 4.78 is 0. The van der Waals surface area contributed by atoms with Crippen LogP contribution in [0, 0.1) is 6.92 Å². The summed E-state index contributed by atoms with van der Waals surface area (Å²) in [6, 6.07) is 9.34. The van der Waals surface area contributed by atoms with Crippen molar-refractivity contribution in [3.8, 4) is 11.3 Å². The molecule has 0 unspecified atom stereocenters. The summed E-state index contributed by atoms with van der Waals surface area (Å²) in [7, 11) is 0. The zero-order valence-electron chi connectivity index (χ0n) is 8.74. The van der Waals surface area contributed by atoms with Gasteiger partial charge in [0.05, 0.1) is 5.69 Å². The van der Waals surface area contributed by atoms with Crippen molar-refractivity contribution in [1.29, 1.82) is 0 Å². The van der Waals surface area contributed by atoms with Crippen LogP contribution in [0.15, 0.2) is 30.3 Å². The van der Waals surface area contributed by atoms with Gasteiger partial charge in [0.25, 0.3) is 0 Å². The highest BCUT2D eigenvalue weighted by molar-refractivity contribution is 6.30. The molecule has 0 atom stereocenters. The standard InChI is InChI=1S/C11H11ClN4/c1-7-5-10(14-13)15-16-11(7)8-3-2-4-9(12)6-8/h2-6H,13H2,1H3,(H,14,15). The molecule has 1 aromatic heterocycles. The third kappa shape index (κ3) is 2.13. The Labute approximate surface area is 98.4 Å². The number of nitrogens with zero attached hydrogens (tertiary/aromatic N) is 2. The molecule has 2 aromatic rings. The molecular formula is C11H11ClN4. The topological polar surface area (TPSA) is 63.8 Å². The van der Waals surface area contributed by atoms with Crippen molar-refractivity contribution in [1.82, 2.24) is 10.2 Å². The van der Waals surface area contributed by atoms with E-state index < -0.39 is 0 Å². The van der Waals surface area contributed by atoms with Crippen LogP contribution in [0.1, 0.15) is 5.56 Å². The number of rotatable bonds is 2. The van der Waals surface area contributed by atoms with Crippen LogP contribution in [-0.4, -0.2) is 10.2 Å². The van der Waals surface area contributed by atoms with Crippen LogP contribution in [0.2, 0.25) is 5.02 Å². The smallest absolute Gasteiger partial charge is 0.162 e. The van der Waals surface area contributed by atoms with Gasteiger partial charge in [-0.05, 0) is 30.7 Å². The number of anilines is 1. The molecular weight excluding hydrogens is 224 g/mol. The van der Waals surface area contributed by atoms with Crippen molar-refractivity contribution in [2.45, 2.75) is 6.92 Å². The maximum atomic E-state index is 5.93. The summed E-state index contributed by atoms with van der Waals surface area (Å²) in [5.41, 5.74) is 5.20. The summed E-state index contributed by atoms with van der Waals surface area (Å²) in [5.74, 6) is 5.80. The lowest BCUT2D eigenvalue weighted by Crippen LogP contribution is -2.09. The van der Waals surface area contributed by atoms with E-state index in [-0.39, 0.29) is 0 Å². The van der Waals surface area contributed by atoms with Gasteiger partial charge in [-0.25, -0.2) is 5.84 Å². The molecule has 0 bridgehead atoms. The minimum Gasteiger partial charge on any atom is -0.307 e. The van der Waals surface area contributed by atoms with Gasteiger partial charge >= 0.3 is 0 Å². The first-order valence-electron chi connectivity index (χ1n) is 4.77. The molecule has 0 amide bonds. The molecule has 0 saturated heterocycles. The first-order valence-corrected chi connectivity index (χ1v) is 5.15. The Morgan fingerprint density at radius 3 is 2.69 bits per heavy atom. The molecule has 0 aliphatic rings. The number of hydrazine groups is 1. The normalized spacial score (nSPS) is 10.2. The fourth-order valence-electron chi connectivity index (χ4n) is 1.48. The van der Waals surface area contributed by atoms with Crippen molar-refractivity contribution in [3.63, 3.8) is 0 Å². The molecule has 3 N–H and O–H groups in total. The highest BCUT2D eigenvalue weighted by atomic mass is 35.5. The minimum absolute atomic E-state index is 0.545. The van der Waals surface area contributed by atoms with Gasteiger partial charge in [-0.1, -0.05) is 23.7 Å². The lowest BCUT2D eigenvalue weighted by molar-refractivity contribution is 1.01. The van der Waals surface area contributed by atoms with Crippen LogP contribution < -0.4 is 11.3 Å². The van der Waals surface area contributed by atoms with Gasteiger partial charge < -0.3 is 5.43 Å². The van der Waals surface area contributed by atoms with Crippen molar-refractivity contribution < 1.29 is 0 Å². The fourth-order valence-corrected chi connectivity index (χ4v) is 1.67. The van der Waals surface area contributed by atoms with E-state index >= 15 is 0 Å². The van der Waals surface area contributed by atoms with Crippen molar-refractivity contribution in [2.75, 3.05) is 5.43 Å². The molecule has 1 aromatic carbocycles. The Hall–Kier alpha value is -1.65. The van der Waals surface area contributed by atoms with Crippen LogP contribution in [0.25, 0.3) is 11.3 Å². The number of nitrogens with one attached hydrogen (secondary N) is 1. The Morgan fingerprint density at radius 1 is 1.25 bits per heavy atom. The first-order chi connectivity index (χ1) is 7.70. The third-order valence-corrected chi connectivity index (χ3v) is 2.47. The van der Waals surface area contributed by atoms with E-state index in [1.807, 2.05) is 37.3 Å². The number of benzene rings is 1. The lowest BCUT2D eigenvalue weighted by atomic mass is 10.1. The molecule has 0 aliphatic carbocycles. The van der Waals surface area contributed by atoms with E-state index in [0.29, 0.717) is 10.8 Å². The fraction of sp³-hybridized carbons (Fsp3) is 0.0909. The molecule has 2 rings (SSSR count). The lowest BCUT2D eigenvalue weighted by Gasteiger charge is -2.06. The number of nitrogen functional groups attached to an aromatic ring is 1. The predicted molar refractivity (Wildman–Crippen MR) is 65.0 cm³/mol. The van der Waals surface area contributed by atoms with Gasteiger partial charge in [-0.15, -0.1) is 10.2 Å². The zero-order chi connectivity index (χ0) is 11.5. The first kappa shape index (κ1) is 10.9. The Kier molecular flexibility index (Phi) is 3.03. The second-order valence-corrected chi connectivity index (χ2v) is 3.85. The largest absolute Gasteiger partial charge is 0.307 e. The molecule has 0 radical (unpaired) electrons. The SMILES string of the molecule is Cc1cc(NN)nnc1-c1cccc(Cl)c1. The minimum atomic E-state index is 0.545. The maximum Gasteiger partial charge on any atom is 0.162 e. The summed E-state index contributed by atoms with van der Waals surface area (Å²) in [5, 5.41) is 8.72. The van der Waals surface area contributed by atoms with E-state index in [0.717, 1.165) is 16.8 Å². The van der Waals surface area contributed by atoms with Gasteiger partial charge in [-0.2, -0.15) is 0 Å². The Bertz CT molecular complexity index is 513. The van der Waals surface area contributed by atoms with E-state index in [1.165, 1.54) is 0 Å². The molecule has 16 heavy (non-hydrogen) atoms. The van der Waals surface area contributed by atoms with Crippen LogP contribution >= 0.6 is 11.6 Å². The number of aryl methyl sites for hydroxylation is 1. The van der Waals surface area contributed by atoms with E-state index in [2.05, 4.69) is 15.6 Å². The molecule has 0 saturated carbocycles. The van der Waals surface area contributed by atoms with Crippen LogP contribution in [0.4, 0.5) is 5.82 Å². The van der Waals surface area contributed by atoms with Gasteiger partial charge in [0, 0.05) is 10.6 Å². The van der Waals surface area contributed by atoms with E-state index in [4.69, 9.17) is 17.4 Å². The highest BCUT2D eigenvalue weighted by Crippen LogP contribution is 2.24. The number of hydrogen-bond acceptors (Lipinski definition) is 4. The Morgan fingerprint density at radius 2 is 2.06 bits per heavy atom. The molecule has 5 heteroatoms. The third-order valence-electron chi connectivity index (χ3n) is 2.23.